The first-order valence-electron chi connectivity index (χ1n) is 4.30. The highest BCUT2D eigenvalue weighted by atomic mass is 32.2. The molecule has 0 atom stereocenters. The van der Waals surface area contributed by atoms with Crippen molar-refractivity contribution in [3.63, 3.8) is 0 Å². The van der Waals surface area contributed by atoms with E-state index in [4.69, 9.17) is 0 Å². The van der Waals surface area contributed by atoms with E-state index in [1.54, 1.807) is 0 Å². The summed E-state index contributed by atoms with van der Waals surface area (Å²) >= 11 is 0. The lowest BCUT2D eigenvalue weighted by Gasteiger charge is -2.08. The molecule has 5 nitrogen and oxygen atoms in total. The van der Waals surface area contributed by atoms with E-state index in [1.165, 1.54) is 0 Å². The van der Waals surface area contributed by atoms with Crippen molar-refractivity contribution in [1.29, 1.82) is 0 Å². The number of halogens is 2. The van der Waals surface area contributed by atoms with Crippen LogP contribution < -0.4 is 4.72 Å². The highest BCUT2D eigenvalue weighted by molar-refractivity contribution is 7.92. The Kier molecular flexibility index (Phi) is 3.66. The smallest absolute Gasteiger partial charge is 0.343 e. The number of ether oxygens (including phenoxy) is 1. The number of nitrogens with one attached hydrogen (secondary N) is 1. The van der Waals surface area contributed by atoms with Crippen LogP contribution in [0, 0.1) is 11.6 Å². The highest BCUT2D eigenvalue weighted by Gasteiger charge is 2.22. The predicted molar refractivity (Wildman–Crippen MR) is 56.2 cm³/mol. The molecule has 0 fully saturated rings. The van der Waals surface area contributed by atoms with Crippen LogP contribution in [-0.4, -0.2) is 27.8 Å². The number of sulfonamides is 1. The van der Waals surface area contributed by atoms with Gasteiger partial charge < -0.3 is 4.74 Å². The molecule has 17 heavy (non-hydrogen) atoms. The molecule has 0 saturated heterocycles. The zero-order valence-electron chi connectivity index (χ0n) is 8.95. The number of rotatable bonds is 3. The van der Waals surface area contributed by atoms with Gasteiger partial charge >= 0.3 is 5.97 Å². The third kappa shape index (κ3) is 3.13. The number of hydrogen-bond acceptors (Lipinski definition) is 4. The van der Waals surface area contributed by atoms with E-state index in [0.717, 1.165) is 25.5 Å². The molecule has 0 amide bonds. The SMILES string of the molecule is COC(=O)c1c(F)ccc(NS(C)(=O)=O)c1F. The van der Waals surface area contributed by atoms with E-state index >= 15 is 0 Å². The summed E-state index contributed by atoms with van der Waals surface area (Å²) in [5.74, 6) is -3.67. The van der Waals surface area contributed by atoms with Crippen molar-refractivity contribution < 1.29 is 26.7 Å². The summed E-state index contributed by atoms with van der Waals surface area (Å²) in [6.07, 6.45) is 0.799. The second-order valence-electron chi connectivity index (χ2n) is 3.15. The second kappa shape index (κ2) is 4.66. The van der Waals surface area contributed by atoms with Crippen molar-refractivity contribution in [3.8, 4) is 0 Å². The van der Waals surface area contributed by atoms with Crippen LogP contribution in [0.5, 0.6) is 0 Å². The first kappa shape index (κ1) is 13.4. The number of carbonyl (C=O) groups is 1. The van der Waals surface area contributed by atoms with Crippen LogP contribution >= 0.6 is 0 Å². The van der Waals surface area contributed by atoms with Crippen LogP contribution in [-0.2, 0) is 14.8 Å². The van der Waals surface area contributed by atoms with Gasteiger partial charge in [-0.2, -0.15) is 0 Å². The van der Waals surface area contributed by atoms with Gasteiger partial charge in [-0.25, -0.2) is 22.0 Å². The highest BCUT2D eigenvalue weighted by Crippen LogP contribution is 2.22. The van der Waals surface area contributed by atoms with Gasteiger partial charge in [0.15, 0.2) is 5.82 Å². The lowest BCUT2D eigenvalue weighted by molar-refractivity contribution is 0.0590. The quantitative estimate of drug-likeness (QED) is 0.831. The van der Waals surface area contributed by atoms with Crippen molar-refractivity contribution in [3.05, 3.63) is 29.3 Å². The summed E-state index contributed by atoms with van der Waals surface area (Å²) in [5, 5.41) is 0. The van der Waals surface area contributed by atoms with Crippen molar-refractivity contribution in [1.82, 2.24) is 0 Å². The van der Waals surface area contributed by atoms with Crippen molar-refractivity contribution in [2.75, 3.05) is 18.1 Å². The molecule has 0 aliphatic heterocycles. The molecule has 0 aromatic heterocycles. The summed E-state index contributed by atoms with van der Waals surface area (Å²) in [6, 6.07) is 1.64. The van der Waals surface area contributed by atoms with E-state index in [0.29, 0.717) is 0 Å². The van der Waals surface area contributed by atoms with Gasteiger partial charge in [0.2, 0.25) is 10.0 Å². The van der Waals surface area contributed by atoms with Gasteiger partial charge in [0.1, 0.15) is 11.4 Å². The molecule has 0 heterocycles. The van der Waals surface area contributed by atoms with Crippen LogP contribution in [0.3, 0.4) is 0 Å². The topological polar surface area (TPSA) is 72.5 Å². The molecule has 0 radical (unpaired) electrons. The standard InChI is InChI=1S/C9H9F2NO4S/c1-16-9(13)7-5(10)3-4-6(8(7)11)12-17(2,14)15/h3-4,12H,1-2H3. The van der Waals surface area contributed by atoms with Crippen molar-refractivity contribution in [2.45, 2.75) is 0 Å². The number of hydrogen-bond donors (Lipinski definition) is 1. The maximum Gasteiger partial charge on any atom is 0.343 e. The summed E-state index contributed by atoms with van der Waals surface area (Å²) < 4.78 is 54.6. The Labute approximate surface area is 96.4 Å². The molecule has 1 aromatic rings. The molecule has 1 rings (SSSR count). The molecule has 0 bridgehead atoms. The fraction of sp³-hybridized carbons (Fsp3) is 0.222. The Morgan fingerprint density at radius 3 is 2.41 bits per heavy atom. The summed E-state index contributed by atoms with van der Waals surface area (Å²) in [7, 11) is -2.77. The second-order valence-corrected chi connectivity index (χ2v) is 4.90. The van der Waals surface area contributed by atoms with Gasteiger partial charge in [0.05, 0.1) is 19.1 Å². The molecule has 8 heteroatoms. The Morgan fingerprint density at radius 2 is 1.94 bits per heavy atom. The normalized spacial score (nSPS) is 11.1. The van der Waals surface area contributed by atoms with Gasteiger partial charge in [-0.3, -0.25) is 4.72 Å². The monoisotopic (exact) mass is 265 g/mol. The van der Waals surface area contributed by atoms with E-state index in [1.807, 2.05) is 4.72 Å². The Bertz CT molecular complexity index is 556. The molecule has 1 aromatic carbocycles. The predicted octanol–water partition coefficient (Wildman–Crippen LogP) is 1.12. The van der Waals surface area contributed by atoms with E-state index < -0.39 is 38.9 Å². The fourth-order valence-corrected chi connectivity index (χ4v) is 1.68. The molecule has 0 aliphatic carbocycles. The Hall–Kier alpha value is -1.70. The molecule has 0 saturated carbocycles. The fourth-order valence-electron chi connectivity index (χ4n) is 1.12. The largest absolute Gasteiger partial charge is 0.465 e. The molecule has 0 unspecified atom stereocenters. The zero-order valence-corrected chi connectivity index (χ0v) is 9.77. The third-order valence-electron chi connectivity index (χ3n) is 1.78. The molecule has 0 spiro atoms. The van der Waals surface area contributed by atoms with E-state index in [-0.39, 0.29) is 0 Å². The third-order valence-corrected chi connectivity index (χ3v) is 2.37. The van der Waals surface area contributed by atoms with Crippen molar-refractivity contribution >= 4 is 21.7 Å². The Morgan fingerprint density at radius 1 is 1.35 bits per heavy atom. The van der Waals surface area contributed by atoms with Crippen LogP contribution in [0.25, 0.3) is 0 Å². The lowest BCUT2D eigenvalue weighted by atomic mass is 10.2. The Balaban J connectivity index is 3.33. The molecule has 94 valence electrons. The van der Waals surface area contributed by atoms with E-state index in [2.05, 4.69) is 4.74 Å². The van der Waals surface area contributed by atoms with Gasteiger partial charge in [0.25, 0.3) is 0 Å². The van der Waals surface area contributed by atoms with Crippen LogP contribution in [0.2, 0.25) is 0 Å². The summed E-state index contributed by atoms with van der Waals surface area (Å²) in [4.78, 5) is 11.1. The van der Waals surface area contributed by atoms with Gasteiger partial charge in [-0.1, -0.05) is 0 Å². The minimum atomic E-state index is -3.73. The zero-order chi connectivity index (χ0) is 13.2. The molecular formula is C9H9F2NO4S. The molecule has 0 aliphatic rings. The average molecular weight is 265 g/mol. The number of methoxy groups -OCH3 is 1. The summed E-state index contributed by atoms with van der Waals surface area (Å²) in [5.41, 5.74) is -1.46. The molecule has 1 N–H and O–H groups in total. The van der Waals surface area contributed by atoms with Gasteiger partial charge in [-0.05, 0) is 12.1 Å². The van der Waals surface area contributed by atoms with Crippen LogP contribution in [0.1, 0.15) is 10.4 Å². The van der Waals surface area contributed by atoms with Crippen LogP contribution in [0.15, 0.2) is 12.1 Å². The minimum Gasteiger partial charge on any atom is -0.465 e. The number of anilines is 1. The van der Waals surface area contributed by atoms with Crippen LogP contribution in [0.4, 0.5) is 14.5 Å². The minimum absolute atomic E-state index is 0.519. The summed E-state index contributed by atoms with van der Waals surface area (Å²) in [6.45, 7) is 0. The number of esters is 1. The maximum absolute atomic E-state index is 13.6. The van der Waals surface area contributed by atoms with Crippen molar-refractivity contribution in [2.24, 2.45) is 0 Å². The van der Waals surface area contributed by atoms with E-state index in [9.17, 15) is 22.0 Å². The maximum atomic E-state index is 13.6. The van der Waals surface area contributed by atoms with Gasteiger partial charge in [0, 0.05) is 0 Å². The first-order valence-corrected chi connectivity index (χ1v) is 6.19. The molecular weight excluding hydrogens is 256 g/mol. The lowest BCUT2D eigenvalue weighted by Crippen LogP contribution is -2.14. The first-order chi connectivity index (χ1) is 7.76. The van der Waals surface area contributed by atoms with Gasteiger partial charge in [-0.15, -0.1) is 0 Å². The average Bonchev–Trinajstić information content (AvgIpc) is 2.20. The number of benzene rings is 1. The number of carbonyl (C=O) groups excluding carboxylic acids is 1.